The van der Waals surface area contributed by atoms with Crippen molar-refractivity contribution in [1.29, 1.82) is 0 Å². The van der Waals surface area contributed by atoms with Gasteiger partial charge in [0.1, 0.15) is 0 Å². The van der Waals surface area contributed by atoms with Crippen molar-refractivity contribution in [1.82, 2.24) is 10.2 Å². The molecule has 1 aromatic rings. The predicted octanol–water partition coefficient (Wildman–Crippen LogP) is 2.51. The average Bonchev–Trinajstić information content (AvgIpc) is 2.39. The van der Waals surface area contributed by atoms with Gasteiger partial charge in [0, 0.05) is 24.2 Å². The maximum Gasteiger partial charge on any atom is 0.227 e. The Hall–Kier alpha value is -0.770. The van der Waals surface area contributed by atoms with Crippen LogP contribution in [0.25, 0.3) is 0 Å². The molecule has 0 bridgehead atoms. The van der Waals surface area contributed by atoms with Crippen molar-refractivity contribution in [2.45, 2.75) is 25.3 Å². The average molecular weight is 303 g/mol. The number of likely N-dealkylation sites (N-methyl/N-ethyl adjacent to an activating group) is 1. The number of nitrogens with zero attached hydrogens (tertiary/aromatic N) is 1. The van der Waals surface area contributed by atoms with Gasteiger partial charge in [-0.3, -0.25) is 4.79 Å². The molecule has 1 aromatic carbocycles. The lowest BCUT2D eigenvalue weighted by atomic mass is 10.0. The summed E-state index contributed by atoms with van der Waals surface area (Å²) in [6, 6.07) is 7.95. The summed E-state index contributed by atoms with van der Waals surface area (Å²) in [7, 11) is 1.95. The fourth-order valence-electron chi connectivity index (χ4n) is 2.37. The summed E-state index contributed by atoms with van der Waals surface area (Å²) in [5.41, 5.74) is 0.985. The summed E-state index contributed by atoms with van der Waals surface area (Å²) in [4.78, 5) is 14.1. The Morgan fingerprint density at radius 3 is 3.00 bits per heavy atom. The molecule has 5 heteroatoms. The van der Waals surface area contributed by atoms with E-state index in [-0.39, 0.29) is 18.3 Å². The van der Waals surface area contributed by atoms with Crippen molar-refractivity contribution in [3.8, 4) is 0 Å². The monoisotopic (exact) mass is 302 g/mol. The Kier molecular flexibility index (Phi) is 6.63. The molecule has 1 saturated heterocycles. The van der Waals surface area contributed by atoms with Crippen molar-refractivity contribution in [3.05, 3.63) is 34.9 Å². The van der Waals surface area contributed by atoms with E-state index in [4.69, 9.17) is 11.6 Å². The maximum atomic E-state index is 12.2. The molecule has 19 heavy (non-hydrogen) atoms. The highest BCUT2D eigenvalue weighted by atomic mass is 35.5. The standard InChI is InChI=1S/C14H19ClN2O.ClH/c1-16-13-6-3-7-17(10-13)14(18)9-11-4-2-5-12(15)8-11;/h2,4-5,8,13,16H,3,6-7,9-10H2,1H3;1H. The van der Waals surface area contributed by atoms with Gasteiger partial charge in [0.2, 0.25) is 5.91 Å². The number of nitrogens with one attached hydrogen (secondary N) is 1. The van der Waals surface area contributed by atoms with Gasteiger partial charge in [0.05, 0.1) is 6.42 Å². The Balaban J connectivity index is 0.00000180. The topological polar surface area (TPSA) is 32.3 Å². The van der Waals surface area contributed by atoms with E-state index in [9.17, 15) is 4.79 Å². The van der Waals surface area contributed by atoms with E-state index >= 15 is 0 Å². The molecule has 2 rings (SSSR count). The Morgan fingerprint density at radius 2 is 2.32 bits per heavy atom. The minimum Gasteiger partial charge on any atom is -0.341 e. The van der Waals surface area contributed by atoms with Crippen LogP contribution in [0.3, 0.4) is 0 Å². The molecule has 1 aliphatic heterocycles. The van der Waals surface area contributed by atoms with Crippen LogP contribution in [0, 0.1) is 0 Å². The molecule has 0 radical (unpaired) electrons. The van der Waals surface area contributed by atoms with Gasteiger partial charge in [-0.15, -0.1) is 12.4 Å². The van der Waals surface area contributed by atoms with E-state index in [1.807, 2.05) is 36.2 Å². The number of carbonyl (C=O) groups excluding carboxylic acids is 1. The van der Waals surface area contributed by atoms with E-state index in [0.29, 0.717) is 17.5 Å². The summed E-state index contributed by atoms with van der Waals surface area (Å²) < 4.78 is 0. The molecule has 0 aliphatic carbocycles. The minimum atomic E-state index is 0. The van der Waals surface area contributed by atoms with Crippen molar-refractivity contribution in [2.75, 3.05) is 20.1 Å². The van der Waals surface area contributed by atoms with Crippen LogP contribution < -0.4 is 5.32 Å². The number of carbonyl (C=O) groups is 1. The number of benzene rings is 1. The highest BCUT2D eigenvalue weighted by Crippen LogP contribution is 2.14. The van der Waals surface area contributed by atoms with E-state index in [1.165, 1.54) is 0 Å². The van der Waals surface area contributed by atoms with E-state index < -0.39 is 0 Å². The fraction of sp³-hybridized carbons (Fsp3) is 0.500. The van der Waals surface area contributed by atoms with Gasteiger partial charge in [-0.2, -0.15) is 0 Å². The lowest BCUT2D eigenvalue weighted by molar-refractivity contribution is -0.131. The molecular formula is C14H20Cl2N2O. The smallest absolute Gasteiger partial charge is 0.227 e. The van der Waals surface area contributed by atoms with Crippen LogP contribution in [0.5, 0.6) is 0 Å². The quantitative estimate of drug-likeness (QED) is 0.930. The third-order valence-corrected chi connectivity index (χ3v) is 3.66. The zero-order chi connectivity index (χ0) is 13.0. The predicted molar refractivity (Wildman–Crippen MR) is 81.1 cm³/mol. The molecule has 1 amide bonds. The Labute approximate surface area is 125 Å². The summed E-state index contributed by atoms with van der Waals surface area (Å²) >= 11 is 5.92. The molecule has 3 nitrogen and oxygen atoms in total. The lowest BCUT2D eigenvalue weighted by Crippen LogP contribution is -2.47. The van der Waals surface area contributed by atoms with Gasteiger partial charge in [0.15, 0.2) is 0 Å². The SMILES string of the molecule is CNC1CCCN(C(=O)Cc2cccc(Cl)c2)C1.Cl. The largest absolute Gasteiger partial charge is 0.341 e. The highest BCUT2D eigenvalue weighted by molar-refractivity contribution is 6.30. The molecular weight excluding hydrogens is 283 g/mol. The number of halogens is 2. The Bertz CT molecular complexity index is 426. The molecule has 1 atom stereocenters. The first-order valence-electron chi connectivity index (χ1n) is 6.38. The Morgan fingerprint density at radius 1 is 1.53 bits per heavy atom. The maximum absolute atomic E-state index is 12.2. The zero-order valence-corrected chi connectivity index (χ0v) is 12.6. The second-order valence-corrected chi connectivity index (χ2v) is 5.21. The van der Waals surface area contributed by atoms with Crippen molar-refractivity contribution < 1.29 is 4.79 Å². The normalized spacial score (nSPS) is 18.8. The van der Waals surface area contributed by atoms with Crippen molar-refractivity contribution in [2.24, 2.45) is 0 Å². The third-order valence-electron chi connectivity index (χ3n) is 3.43. The van der Waals surface area contributed by atoms with Crippen molar-refractivity contribution >= 4 is 29.9 Å². The van der Waals surface area contributed by atoms with Crippen LogP contribution >= 0.6 is 24.0 Å². The van der Waals surface area contributed by atoms with E-state index in [0.717, 1.165) is 31.5 Å². The van der Waals surface area contributed by atoms with Gasteiger partial charge in [0.25, 0.3) is 0 Å². The molecule has 0 saturated carbocycles. The minimum absolute atomic E-state index is 0. The van der Waals surface area contributed by atoms with Crippen LogP contribution in [0.4, 0.5) is 0 Å². The van der Waals surface area contributed by atoms with Gasteiger partial charge in [-0.25, -0.2) is 0 Å². The number of rotatable bonds is 3. The molecule has 0 spiro atoms. The number of hydrogen-bond acceptors (Lipinski definition) is 2. The molecule has 1 N–H and O–H groups in total. The second-order valence-electron chi connectivity index (χ2n) is 4.77. The molecule has 1 unspecified atom stereocenters. The third kappa shape index (κ3) is 4.68. The first kappa shape index (κ1) is 16.3. The van der Waals surface area contributed by atoms with Gasteiger partial charge >= 0.3 is 0 Å². The second kappa shape index (κ2) is 7.73. The number of amides is 1. The zero-order valence-electron chi connectivity index (χ0n) is 11.1. The number of piperidine rings is 1. The molecule has 0 aromatic heterocycles. The number of likely N-dealkylation sites (tertiary alicyclic amines) is 1. The van der Waals surface area contributed by atoms with Crippen molar-refractivity contribution in [3.63, 3.8) is 0 Å². The summed E-state index contributed by atoms with van der Waals surface area (Å²) in [5, 5.41) is 3.93. The van der Waals surface area contributed by atoms with E-state index in [2.05, 4.69) is 5.32 Å². The molecule has 106 valence electrons. The van der Waals surface area contributed by atoms with Crippen LogP contribution in [-0.4, -0.2) is 37.0 Å². The van der Waals surface area contributed by atoms with E-state index in [1.54, 1.807) is 0 Å². The van der Waals surface area contributed by atoms with Crippen LogP contribution in [0.15, 0.2) is 24.3 Å². The molecule has 1 fully saturated rings. The molecule has 1 aliphatic rings. The van der Waals surface area contributed by atoms with Gasteiger partial charge < -0.3 is 10.2 Å². The van der Waals surface area contributed by atoms with Gasteiger partial charge in [-0.1, -0.05) is 23.7 Å². The van der Waals surface area contributed by atoms with Crippen LogP contribution in [0.2, 0.25) is 5.02 Å². The van der Waals surface area contributed by atoms with Crippen LogP contribution in [0.1, 0.15) is 18.4 Å². The number of hydrogen-bond donors (Lipinski definition) is 1. The fourth-order valence-corrected chi connectivity index (χ4v) is 2.59. The first-order valence-corrected chi connectivity index (χ1v) is 6.76. The molecule has 1 heterocycles. The lowest BCUT2D eigenvalue weighted by Gasteiger charge is -2.32. The summed E-state index contributed by atoms with van der Waals surface area (Å²) in [6.45, 7) is 1.69. The summed E-state index contributed by atoms with van der Waals surface area (Å²) in [6.07, 6.45) is 2.67. The summed E-state index contributed by atoms with van der Waals surface area (Å²) in [5.74, 6) is 0.192. The first-order chi connectivity index (χ1) is 8.69. The highest BCUT2D eigenvalue weighted by Gasteiger charge is 2.22. The van der Waals surface area contributed by atoms with Crippen LogP contribution in [-0.2, 0) is 11.2 Å². The van der Waals surface area contributed by atoms with Gasteiger partial charge in [-0.05, 0) is 37.6 Å².